The van der Waals surface area contributed by atoms with E-state index in [0.717, 1.165) is 18.9 Å². The van der Waals surface area contributed by atoms with Gasteiger partial charge in [0.05, 0.1) is 5.69 Å². The van der Waals surface area contributed by atoms with Crippen LogP contribution in [-0.2, 0) is 13.1 Å². The fraction of sp³-hybridized carbons (Fsp3) is 0.727. The van der Waals surface area contributed by atoms with E-state index in [0.29, 0.717) is 0 Å². The highest BCUT2D eigenvalue weighted by Gasteiger charge is 2.04. The van der Waals surface area contributed by atoms with Crippen LogP contribution in [0.15, 0.2) is 6.20 Å². The molecule has 15 heavy (non-hydrogen) atoms. The molecule has 1 N–H and O–H groups in total. The van der Waals surface area contributed by atoms with Crippen LogP contribution in [0.1, 0.15) is 24.9 Å². The number of imidazole rings is 1. The number of nitrogens with zero attached hydrogens (tertiary/aromatic N) is 2. The highest BCUT2D eigenvalue weighted by molar-refractivity contribution is 7.99. The van der Waals surface area contributed by atoms with E-state index in [9.17, 15) is 0 Å². The zero-order chi connectivity index (χ0) is 11.1. The summed E-state index contributed by atoms with van der Waals surface area (Å²) in [6, 6.07) is 0. The van der Waals surface area contributed by atoms with Gasteiger partial charge in [-0.1, -0.05) is 6.92 Å². The lowest BCUT2D eigenvalue weighted by Crippen LogP contribution is -2.12. The summed E-state index contributed by atoms with van der Waals surface area (Å²) in [5.41, 5.74) is 1.29. The molecule has 4 heteroatoms. The van der Waals surface area contributed by atoms with Crippen LogP contribution in [0.4, 0.5) is 0 Å². The molecule has 0 unspecified atom stereocenters. The zero-order valence-electron chi connectivity index (χ0n) is 9.92. The minimum atomic E-state index is 0.905. The molecule has 0 aliphatic carbocycles. The summed E-state index contributed by atoms with van der Waals surface area (Å²) in [5, 5.41) is 3.17. The van der Waals surface area contributed by atoms with Crippen LogP contribution in [-0.4, -0.2) is 28.1 Å². The van der Waals surface area contributed by atoms with Gasteiger partial charge in [-0.3, -0.25) is 0 Å². The molecule has 86 valence electrons. The van der Waals surface area contributed by atoms with Crippen molar-refractivity contribution in [2.75, 3.05) is 18.6 Å². The van der Waals surface area contributed by atoms with Crippen molar-refractivity contribution in [2.45, 2.75) is 33.4 Å². The van der Waals surface area contributed by atoms with Crippen LogP contribution in [0.5, 0.6) is 0 Å². The number of thioether (sulfide) groups is 1. The molecule has 0 aromatic carbocycles. The third-order valence-corrected chi connectivity index (χ3v) is 3.36. The van der Waals surface area contributed by atoms with Gasteiger partial charge in [-0.25, -0.2) is 4.98 Å². The maximum atomic E-state index is 4.35. The van der Waals surface area contributed by atoms with Crippen molar-refractivity contribution < 1.29 is 0 Å². The standard InChI is InChI=1S/C11H21N3S/c1-4-15-7-5-6-14-10(2)13-9-11(14)8-12-3/h9,12H,4-8H2,1-3H3. The first-order chi connectivity index (χ1) is 7.29. The van der Waals surface area contributed by atoms with Crippen molar-refractivity contribution in [1.82, 2.24) is 14.9 Å². The quantitative estimate of drug-likeness (QED) is 0.723. The fourth-order valence-corrected chi connectivity index (χ4v) is 2.23. The van der Waals surface area contributed by atoms with E-state index >= 15 is 0 Å². The van der Waals surface area contributed by atoms with Crippen LogP contribution in [0, 0.1) is 6.92 Å². The molecule has 0 atom stereocenters. The molecule has 0 amide bonds. The topological polar surface area (TPSA) is 29.9 Å². The molecule has 0 saturated carbocycles. The van der Waals surface area contributed by atoms with Gasteiger partial charge in [-0.2, -0.15) is 11.8 Å². The lowest BCUT2D eigenvalue weighted by atomic mass is 10.4. The number of aryl methyl sites for hydroxylation is 1. The number of rotatable bonds is 7. The number of hydrogen-bond acceptors (Lipinski definition) is 3. The maximum absolute atomic E-state index is 4.35. The summed E-state index contributed by atoms with van der Waals surface area (Å²) in [6.07, 6.45) is 3.20. The average Bonchev–Trinajstić information content (AvgIpc) is 2.56. The lowest BCUT2D eigenvalue weighted by molar-refractivity contribution is 0.614. The molecule has 1 aromatic rings. The Bertz CT molecular complexity index is 283. The van der Waals surface area contributed by atoms with Gasteiger partial charge in [0.15, 0.2) is 0 Å². The van der Waals surface area contributed by atoms with Crippen molar-refractivity contribution in [1.29, 1.82) is 0 Å². The van der Waals surface area contributed by atoms with Gasteiger partial charge in [0.25, 0.3) is 0 Å². The first-order valence-corrected chi connectivity index (χ1v) is 6.68. The summed E-state index contributed by atoms with van der Waals surface area (Å²) in [7, 11) is 1.97. The van der Waals surface area contributed by atoms with Crippen molar-refractivity contribution >= 4 is 11.8 Å². The van der Waals surface area contributed by atoms with Gasteiger partial charge in [-0.05, 0) is 31.9 Å². The summed E-state index contributed by atoms with van der Waals surface area (Å²) >= 11 is 2.01. The Balaban J connectivity index is 2.46. The number of aromatic nitrogens is 2. The van der Waals surface area contributed by atoms with E-state index in [-0.39, 0.29) is 0 Å². The molecule has 0 radical (unpaired) electrons. The predicted molar refractivity (Wildman–Crippen MR) is 67.3 cm³/mol. The van der Waals surface area contributed by atoms with E-state index in [4.69, 9.17) is 0 Å². The minimum absolute atomic E-state index is 0.905. The summed E-state index contributed by atoms with van der Waals surface area (Å²) < 4.78 is 2.31. The smallest absolute Gasteiger partial charge is 0.105 e. The van der Waals surface area contributed by atoms with E-state index in [1.807, 2.05) is 25.0 Å². The highest BCUT2D eigenvalue weighted by atomic mass is 32.2. The van der Waals surface area contributed by atoms with Crippen LogP contribution in [0.2, 0.25) is 0 Å². The second-order valence-corrected chi connectivity index (χ2v) is 4.92. The Morgan fingerprint density at radius 1 is 1.53 bits per heavy atom. The Morgan fingerprint density at radius 2 is 2.33 bits per heavy atom. The molecule has 0 saturated heterocycles. The van der Waals surface area contributed by atoms with Crippen molar-refractivity contribution in [3.63, 3.8) is 0 Å². The Kier molecular flexibility index (Phi) is 5.79. The van der Waals surface area contributed by atoms with Crippen molar-refractivity contribution in [2.24, 2.45) is 0 Å². The van der Waals surface area contributed by atoms with E-state index in [1.165, 1.54) is 23.6 Å². The van der Waals surface area contributed by atoms with Gasteiger partial charge in [0.1, 0.15) is 5.82 Å². The van der Waals surface area contributed by atoms with Gasteiger partial charge in [0.2, 0.25) is 0 Å². The van der Waals surface area contributed by atoms with Gasteiger partial charge in [0, 0.05) is 19.3 Å². The number of nitrogens with one attached hydrogen (secondary N) is 1. The molecular weight excluding hydrogens is 206 g/mol. The molecule has 0 bridgehead atoms. The highest BCUT2D eigenvalue weighted by Crippen LogP contribution is 2.08. The third kappa shape index (κ3) is 3.87. The lowest BCUT2D eigenvalue weighted by Gasteiger charge is -2.09. The van der Waals surface area contributed by atoms with Gasteiger partial charge in [-0.15, -0.1) is 0 Å². The Morgan fingerprint density at radius 3 is 3.00 bits per heavy atom. The van der Waals surface area contributed by atoms with Crippen molar-refractivity contribution in [3.8, 4) is 0 Å². The summed E-state index contributed by atoms with van der Waals surface area (Å²) in [4.78, 5) is 4.35. The molecule has 0 aliphatic heterocycles. The first kappa shape index (κ1) is 12.6. The molecule has 0 spiro atoms. The molecule has 1 aromatic heterocycles. The maximum Gasteiger partial charge on any atom is 0.105 e. The Hall–Kier alpha value is -0.480. The molecule has 0 aliphatic rings. The van der Waals surface area contributed by atoms with E-state index in [1.54, 1.807) is 0 Å². The monoisotopic (exact) mass is 227 g/mol. The molecule has 1 heterocycles. The SMILES string of the molecule is CCSCCCn1c(CNC)cnc1C. The van der Waals surface area contributed by atoms with E-state index in [2.05, 4.69) is 28.7 Å². The Labute approximate surface area is 96.7 Å². The molecular formula is C11H21N3S. The summed E-state index contributed by atoms with van der Waals surface area (Å²) in [5.74, 6) is 3.58. The normalized spacial score (nSPS) is 10.9. The van der Waals surface area contributed by atoms with Gasteiger partial charge >= 0.3 is 0 Å². The summed E-state index contributed by atoms with van der Waals surface area (Å²) in [6.45, 7) is 6.28. The van der Waals surface area contributed by atoms with Gasteiger partial charge < -0.3 is 9.88 Å². The van der Waals surface area contributed by atoms with Crippen LogP contribution in [0.3, 0.4) is 0 Å². The zero-order valence-corrected chi connectivity index (χ0v) is 10.7. The second kappa shape index (κ2) is 6.90. The average molecular weight is 227 g/mol. The number of hydrogen-bond donors (Lipinski definition) is 1. The van der Waals surface area contributed by atoms with Crippen LogP contribution < -0.4 is 5.32 Å². The molecule has 1 rings (SSSR count). The fourth-order valence-electron chi connectivity index (χ4n) is 1.61. The molecule has 0 fully saturated rings. The third-order valence-electron chi connectivity index (χ3n) is 2.37. The van der Waals surface area contributed by atoms with Crippen molar-refractivity contribution in [3.05, 3.63) is 17.7 Å². The first-order valence-electron chi connectivity index (χ1n) is 5.53. The van der Waals surface area contributed by atoms with E-state index < -0.39 is 0 Å². The second-order valence-electron chi connectivity index (χ2n) is 3.53. The largest absolute Gasteiger partial charge is 0.331 e. The predicted octanol–water partition coefficient (Wildman–Crippen LogP) is 2.05. The minimum Gasteiger partial charge on any atom is -0.331 e. The van der Waals surface area contributed by atoms with Crippen LogP contribution in [0.25, 0.3) is 0 Å². The van der Waals surface area contributed by atoms with Crippen LogP contribution >= 0.6 is 11.8 Å². The molecule has 3 nitrogen and oxygen atoms in total.